The van der Waals surface area contributed by atoms with Crippen molar-refractivity contribution in [2.75, 3.05) is 0 Å². The van der Waals surface area contributed by atoms with Crippen LogP contribution in [0.4, 0.5) is 0 Å². The molecule has 20 heavy (non-hydrogen) atoms. The van der Waals surface area contributed by atoms with Crippen LogP contribution in [0.2, 0.25) is 0 Å². The molecule has 1 aromatic heterocycles. The average Bonchev–Trinajstić information content (AvgIpc) is 2.43. The third kappa shape index (κ3) is 3.02. The van der Waals surface area contributed by atoms with E-state index in [9.17, 15) is 8.42 Å². The standard InChI is InChI=1S/C11H7I2N3O3S/c12-3-9-10(4-13)16-8-2-11(20(17,18)19)6(5-14)1-7(8)15-9/h1-2H,3-4H2,(H,17,18,19). The van der Waals surface area contributed by atoms with Crippen LogP contribution in [0, 0.1) is 11.3 Å². The van der Waals surface area contributed by atoms with E-state index in [1.807, 2.05) is 0 Å². The predicted molar refractivity (Wildman–Crippen MR) is 89.5 cm³/mol. The molecule has 0 fully saturated rings. The number of fused-ring (bicyclic) bond motifs is 1. The minimum atomic E-state index is -4.47. The monoisotopic (exact) mass is 515 g/mol. The van der Waals surface area contributed by atoms with Crippen LogP contribution in [0.25, 0.3) is 11.0 Å². The van der Waals surface area contributed by atoms with Gasteiger partial charge in [-0.2, -0.15) is 13.7 Å². The zero-order valence-corrected chi connectivity index (χ0v) is 15.0. The fourth-order valence-corrected chi connectivity index (χ4v) is 3.54. The highest BCUT2D eigenvalue weighted by Gasteiger charge is 2.18. The molecule has 0 saturated heterocycles. The highest BCUT2D eigenvalue weighted by Crippen LogP contribution is 2.23. The van der Waals surface area contributed by atoms with Gasteiger partial charge in [-0.05, 0) is 12.1 Å². The Morgan fingerprint density at radius 1 is 1.15 bits per heavy atom. The van der Waals surface area contributed by atoms with E-state index in [1.54, 1.807) is 6.07 Å². The minimum Gasteiger partial charge on any atom is -0.282 e. The highest BCUT2D eigenvalue weighted by atomic mass is 127. The third-order valence-corrected chi connectivity index (χ3v) is 4.91. The summed E-state index contributed by atoms with van der Waals surface area (Å²) >= 11 is 4.31. The molecular weight excluding hydrogens is 508 g/mol. The van der Waals surface area contributed by atoms with Crippen LogP contribution in [0.15, 0.2) is 17.0 Å². The first kappa shape index (κ1) is 15.8. The summed E-state index contributed by atoms with van der Waals surface area (Å²) in [4.78, 5) is 8.31. The van der Waals surface area contributed by atoms with E-state index < -0.39 is 15.0 Å². The lowest BCUT2D eigenvalue weighted by Crippen LogP contribution is -2.04. The summed E-state index contributed by atoms with van der Waals surface area (Å²) in [5.41, 5.74) is 2.21. The van der Waals surface area contributed by atoms with Crippen LogP contribution >= 0.6 is 45.2 Å². The smallest absolute Gasteiger partial charge is 0.282 e. The third-order valence-electron chi connectivity index (χ3n) is 2.57. The van der Waals surface area contributed by atoms with Crippen molar-refractivity contribution < 1.29 is 13.0 Å². The zero-order valence-electron chi connectivity index (χ0n) is 9.84. The van der Waals surface area contributed by atoms with Crippen LogP contribution in [0.3, 0.4) is 0 Å². The van der Waals surface area contributed by atoms with Crippen LogP contribution in [0.5, 0.6) is 0 Å². The van der Waals surface area contributed by atoms with Crippen molar-refractivity contribution in [2.45, 2.75) is 13.8 Å². The maximum atomic E-state index is 11.3. The highest BCUT2D eigenvalue weighted by molar-refractivity contribution is 14.1. The molecule has 0 radical (unpaired) electrons. The summed E-state index contributed by atoms with van der Waals surface area (Å²) in [6.07, 6.45) is 0. The van der Waals surface area contributed by atoms with E-state index >= 15 is 0 Å². The summed E-state index contributed by atoms with van der Waals surface area (Å²) in [5.74, 6) is 0. The molecule has 0 aliphatic rings. The van der Waals surface area contributed by atoms with Gasteiger partial charge in [0.1, 0.15) is 11.0 Å². The van der Waals surface area contributed by atoms with E-state index in [1.165, 1.54) is 12.1 Å². The number of hydrogen-bond donors (Lipinski definition) is 1. The molecular formula is C11H7I2N3O3S. The first-order valence-electron chi connectivity index (χ1n) is 5.23. The summed E-state index contributed by atoms with van der Waals surface area (Å²) < 4.78 is 33.0. The summed E-state index contributed by atoms with van der Waals surface area (Å²) in [7, 11) is -4.47. The van der Waals surface area contributed by atoms with Crippen molar-refractivity contribution in [1.82, 2.24) is 9.97 Å². The molecule has 9 heteroatoms. The maximum Gasteiger partial charge on any atom is 0.295 e. The van der Waals surface area contributed by atoms with Gasteiger partial charge < -0.3 is 0 Å². The van der Waals surface area contributed by atoms with Crippen molar-refractivity contribution in [3.05, 3.63) is 29.1 Å². The van der Waals surface area contributed by atoms with Gasteiger partial charge in [-0.25, -0.2) is 9.97 Å². The fraction of sp³-hybridized carbons (Fsp3) is 0.182. The van der Waals surface area contributed by atoms with Gasteiger partial charge in [0.15, 0.2) is 0 Å². The molecule has 0 bridgehead atoms. The van der Waals surface area contributed by atoms with E-state index in [4.69, 9.17) is 9.81 Å². The van der Waals surface area contributed by atoms with Gasteiger partial charge in [0.25, 0.3) is 10.1 Å². The maximum absolute atomic E-state index is 11.3. The van der Waals surface area contributed by atoms with Crippen LogP contribution in [0.1, 0.15) is 17.0 Å². The van der Waals surface area contributed by atoms with Crippen LogP contribution < -0.4 is 0 Å². The molecule has 0 spiro atoms. The second kappa shape index (κ2) is 6.04. The fourth-order valence-electron chi connectivity index (χ4n) is 1.67. The van der Waals surface area contributed by atoms with Crippen molar-refractivity contribution in [3.63, 3.8) is 0 Å². The van der Waals surface area contributed by atoms with E-state index in [0.29, 0.717) is 19.9 Å². The molecule has 1 heterocycles. The number of benzene rings is 1. The number of nitriles is 1. The van der Waals surface area contributed by atoms with Gasteiger partial charge in [0, 0.05) is 8.86 Å². The topological polar surface area (TPSA) is 104 Å². The Kier molecular flexibility index (Phi) is 4.77. The van der Waals surface area contributed by atoms with Gasteiger partial charge in [-0.15, -0.1) is 0 Å². The van der Waals surface area contributed by atoms with Gasteiger partial charge in [-0.3, -0.25) is 4.55 Å². The van der Waals surface area contributed by atoms with Crippen molar-refractivity contribution in [2.24, 2.45) is 0 Å². The second-order valence-corrected chi connectivity index (χ2v) is 6.72. The number of alkyl halides is 2. The summed E-state index contributed by atoms with van der Waals surface area (Å²) in [5, 5.41) is 8.99. The lowest BCUT2D eigenvalue weighted by Gasteiger charge is -2.07. The molecule has 2 rings (SSSR count). The van der Waals surface area contributed by atoms with Gasteiger partial charge in [0.2, 0.25) is 0 Å². The normalized spacial score (nSPS) is 11.5. The number of rotatable bonds is 3. The van der Waals surface area contributed by atoms with Crippen LogP contribution in [-0.4, -0.2) is 22.9 Å². The predicted octanol–water partition coefficient (Wildman–Crippen LogP) is 2.62. The molecule has 0 aliphatic carbocycles. The van der Waals surface area contributed by atoms with Gasteiger partial charge >= 0.3 is 0 Å². The van der Waals surface area contributed by atoms with Gasteiger partial charge in [-0.1, -0.05) is 45.2 Å². The number of aromatic nitrogens is 2. The summed E-state index contributed by atoms with van der Waals surface area (Å²) in [6, 6.07) is 4.27. The Balaban J connectivity index is 2.86. The molecule has 2 aromatic rings. The number of nitrogens with zero attached hydrogens (tertiary/aromatic N) is 3. The molecule has 6 nitrogen and oxygen atoms in total. The van der Waals surface area contributed by atoms with E-state index in [0.717, 1.165) is 11.4 Å². The molecule has 0 saturated carbocycles. The first-order valence-corrected chi connectivity index (χ1v) is 9.73. The molecule has 0 amide bonds. The SMILES string of the molecule is N#Cc1cc2nc(CI)c(CI)nc2cc1S(=O)(=O)O. The Bertz CT molecular complexity index is 831. The Morgan fingerprint density at radius 2 is 1.65 bits per heavy atom. The minimum absolute atomic E-state index is 0.143. The molecule has 104 valence electrons. The lowest BCUT2D eigenvalue weighted by molar-refractivity contribution is 0.483. The van der Waals surface area contributed by atoms with Crippen molar-refractivity contribution in [3.8, 4) is 6.07 Å². The second-order valence-electron chi connectivity index (χ2n) is 3.81. The first-order chi connectivity index (χ1) is 9.40. The quantitative estimate of drug-likeness (QED) is 0.383. The molecule has 0 aliphatic heterocycles. The van der Waals surface area contributed by atoms with Crippen molar-refractivity contribution >= 4 is 66.3 Å². The Hall–Kier alpha value is -0.580. The molecule has 1 aromatic carbocycles. The Labute approximate surface area is 142 Å². The average molecular weight is 515 g/mol. The van der Waals surface area contributed by atoms with E-state index in [-0.39, 0.29) is 5.56 Å². The van der Waals surface area contributed by atoms with Crippen molar-refractivity contribution in [1.29, 1.82) is 5.26 Å². The largest absolute Gasteiger partial charge is 0.295 e. The lowest BCUT2D eigenvalue weighted by atomic mass is 10.2. The van der Waals surface area contributed by atoms with Crippen LogP contribution in [-0.2, 0) is 19.0 Å². The number of hydrogen-bond acceptors (Lipinski definition) is 5. The molecule has 0 atom stereocenters. The zero-order chi connectivity index (χ0) is 14.9. The molecule has 0 unspecified atom stereocenters. The summed E-state index contributed by atoms with van der Waals surface area (Å²) in [6.45, 7) is 0. The molecule has 1 N–H and O–H groups in total. The van der Waals surface area contributed by atoms with Gasteiger partial charge in [0.05, 0.1) is 28.0 Å². The number of halogens is 2. The van der Waals surface area contributed by atoms with E-state index in [2.05, 4.69) is 55.1 Å². The Morgan fingerprint density at radius 3 is 2.05 bits per heavy atom.